The third kappa shape index (κ3) is 200. The summed E-state index contributed by atoms with van der Waals surface area (Å²) in [5.41, 5.74) is 0. The van der Waals surface area contributed by atoms with Gasteiger partial charge in [-0.05, 0) is 6.92 Å². The number of hydrogen-bond acceptors (Lipinski definition) is 1. The van der Waals surface area contributed by atoms with E-state index in [9.17, 15) is 0 Å². The van der Waals surface area contributed by atoms with Crippen LogP contribution in [0, 0.1) is 0 Å². The molecule has 0 radical (unpaired) electrons. The Balaban J connectivity index is -0.0000000575. The number of halogens is 1. The number of rotatable bonds is 0. The summed E-state index contributed by atoms with van der Waals surface area (Å²) in [7, 11) is 0. The van der Waals surface area contributed by atoms with Gasteiger partial charge in [-0.25, -0.2) is 4.79 Å². The molecule has 0 aromatic carbocycles. The van der Waals surface area contributed by atoms with Gasteiger partial charge >= 0.3 is 6.16 Å². The molecule has 0 unspecified atom stereocenters. The van der Waals surface area contributed by atoms with E-state index >= 15 is 0 Å². The largest absolute Gasteiger partial charge is 0.503 e. The van der Waals surface area contributed by atoms with E-state index in [-0.39, 0.29) is 12.4 Å². The summed E-state index contributed by atoms with van der Waals surface area (Å²) in [6.07, 6.45) is -0.0833. The lowest BCUT2D eigenvalue weighted by atomic mass is 10.8. The van der Waals surface area contributed by atoms with E-state index in [1.807, 2.05) is 6.92 Å². The van der Waals surface area contributed by atoms with Crippen LogP contribution in [0.4, 0.5) is 4.79 Å². The van der Waals surface area contributed by atoms with Crippen molar-refractivity contribution in [3.05, 3.63) is 12.7 Å². The summed E-state index contributed by atoms with van der Waals surface area (Å²) in [6, 6.07) is 0. The average molecular weight is 141 g/mol. The maximum Gasteiger partial charge on any atom is 0.503 e. The van der Waals surface area contributed by atoms with E-state index in [4.69, 9.17) is 15.0 Å². The predicted octanol–water partition coefficient (Wildman–Crippen LogP) is 1.84. The second kappa shape index (κ2) is 16.3. The maximum atomic E-state index is 8.56. The summed E-state index contributed by atoms with van der Waals surface area (Å²) in [5.74, 6) is 0. The van der Waals surface area contributed by atoms with E-state index in [2.05, 4.69) is 6.58 Å². The average Bonchev–Trinajstić information content (AvgIpc) is 1.33. The molecule has 0 spiro atoms. The number of carboxylic acid groups (broad SMARTS) is 2. The van der Waals surface area contributed by atoms with Crippen LogP contribution in [0.5, 0.6) is 0 Å². The van der Waals surface area contributed by atoms with Crippen LogP contribution in [0.25, 0.3) is 0 Å². The van der Waals surface area contributed by atoms with Crippen molar-refractivity contribution >= 4 is 18.6 Å². The highest BCUT2D eigenvalue weighted by molar-refractivity contribution is 5.85. The highest BCUT2D eigenvalue weighted by atomic mass is 35.5. The minimum absolute atomic E-state index is 0. The molecular formula is C4H9ClO3. The monoisotopic (exact) mass is 140 g/mol. The normalized spacial score (nSPS) is 4.62. The van der Waals surface area contributed by atoms with Gasteiger partial charge in [0.25, 0.3) is 0 Å². The van der Waals surface area contributed by atoms with Crippen LogP contribution in [-0.4, -0.2) is 16.4 Å². The van der Waals surface area contributed by atoms with Crippen molar-refractivity contribution in [1.82, 2.24) is 0 Å². The van der Waals surface area contributed by atoms with Gasteiger partial charge in [0.05, 0.1) is 0 Å². The van der Waals surface area contributed by atoms with E-state index < -0.39 is 6.16 Å². The Hall–Kier alpha value is -0.700. The second-order valence-corrected chi connectivity index (χ2v) is 0.691. The van der Waals surface area contributed by atoms with Gasteiger partial charge in [-0.15, -0.1) is 19.0 Å². The van der Waals surface area contributed by atoms with Crippen LogP contribution in [0.3, 0.4) is 0 Å². The lowest BCUT2D eigenvalue weighted by Gasteiger charge is -1.60. The maximum absolute atomic E-state index is 8.56. The highest BCUT2D eigenvalue weighted by Crippen LogP contribution is 1.42. The molecule has 0 rings (SSSR count). The smallest absolute Gasteiger partial charge is 0.450 e. The Labute approximate surface area is 54.1 Å². The van der Waals surface area contributed by atoms with Crippen molar-refractivity contribution in [1.29, 1.82) is 0 Å². The van der Waals surface area contributed by atoms with E-state index in [0.717, 1.165) is 0 Å². The quantitative estimate of drug-likeness (QED) is 0.505. The third-order valence-electron chi connectivity index (χ3n) is 0. The van der Waals surface area contributed by atoms with Crippen LogP contribution < -0.4 is 0 Å². The Morgan fingerprint density at radius 3 is 1.62 bits per heavy atom. The molecule has 0 saturated carbocycles. The lowest BCUT2D eigenvalue weighted by molar-refractivity contribution is 0.137. The van der Waals surface area contributed by atoms with E-state index in [0.29, 0.717) is 0 Å². The van der Waals surface area contributed by atoms with Crippen LogP contribution in [-0.2, 0) is 0 Å². The fraction of sp³-hybridized carbons (Fsp3) is 0.250. The summed E-state index contributed by atoms with van der Waals surface area (Å²) >= 11 is 0. The number of hydrogen-bond donors (Lipinski definition) is 2. The van der Waals surface area contributed by atoms with Crippen LogP contribution in [0.2, 0.25) is 0 Å². The Morgan fingerprint density at radius 2 is 1.62 bits per heavy atom. The molecule has 0 aromatic rings. The van der Waals surface area contributed by atoms with Gasteiger partial charge in [0.2, 0.25) is 0 Å². The van der Waals surface area contributed by atoms with Crippen molar-refractivity contribution in [2.75, 3.05) is 0 Å². The van der Waals surface area contributed by atoms with E-state index in [1.54, 1.807) is 6.08 Å². The molecule has 0 saturated heterocycles. The van der Waals surface area contributed by atoms with Gasteiger partial charge in [-0.3, -0.25) is 0 Å². The Bertz CT molecular complexity index is 58.3. The zero-order valence-electron chi connectivity index (χ0n) is 4.50. The highest BCUT2D eigenvalue weighted by Gasteiger charge is 1.70. The molecule has 3 nitrogen and oxygen atoms in total. The van der Waals surface area contributed by atoms with Crippen molar-refractivity contribution < 1.29 is 15.0 Å². The van der Waals surface area contributed by atoms with Crippen molar-refractivity contribution in [2.24, 2.45) is 0 Å². The first-order valence-corrected chi connectivity index (χ1v) is 1.64. The van der Waals surface area contributed by atoms with Crippen molar-refractivity contribution in [3.8, 4) is 0 Å². The van der Waals surface area contributed by atoms with Crippen LogP contribution in [0.1, 0.15) is 6.92 Å². The Morgan fingerprint density at radius 1 is 1.62 bits per heavy atom. The minimum atomic E-state index is -1.83. The zero-order valence-corrected chi connectivity index (χ0v) is 5.31. The molecule has 50 valence electrons. The molecule has 0 aromatic heterocycles. The molecule has 0 atom stereocenters. The molecule has 2 N–H and O–H groups in total. The molecule has 0 aliphatic rings. The van der Waals surface area contributed by atoms with Crippen LogP contribution >= 0.6 is 12.4 Å². The van der Waals surface area contributed by atoms with Crippen molar-refractivity contribution in [3.63, 3.8) is 0 Å². The molecule has 0 aliphatic carbocycles. The number of allylic oxidation sites excluding steroid dienone is 1. The molecule has 0 bridgehead atoms. The van der Waals surface area contributed by atoms with E-state index in [1.165, 1.54) is 0 Å². The third-order valence-corrected chi connectivity index (χ3v) is 0. The molecule has 0 fully saturated rings. The molecule has 0 amide bonds. The summed E-state index contributed by atoms with van der Waals surface area (Å²) in [6.45, 7) is 5.25. The molecular weight excluding hydrogens is 131 g/mol. The SMILES string of the molecule is C=CC.Cl.O=C(O)O. The first-order valence-electron chi connectivity index (χ1n) is 1.64. The van der Waals surface area contributed by atoms with Crippen LogP contribution in [0.15, 0.2) is 12.7 Å². The fourth-order valence-corrected chi connectivity index (χ4v) is 0. The zero-order chi connectivity index (χ0) is 6.28. The van der Waals surface area contributed by atoms with Crippen molar-refractivity contribution in [2.45, 2.75) is 6.92 Å². The van der Waals surface area contributed by atoms with Gasteiger partial charge in [-0.2, -0.15) is 0 Å². The van der Waals surface area contributed by atoms with Gasteiger partial charge in [0, 0.05) is 0 Å². The lowest BCUT2D eigenvalue weighted by Crippen LogP contribution is -1.81. The molecule has 4 heteroatoms. The standard InChI is InChI=1S/C3H6.CH2O3.ClH/c1-3-2;2-1(3)4;/h3H,1H2,2H3;(H2,2,3,4);1H. The molecule has 0 aliphatic heterocycles. The van der Waals surface area contributed by atoms with Gasteiger partial charge in [-0.1, -0.05) is 6.08 Å². The first kappa shape index (κ1) is 15.7. The second-order valence-electron chi connectivity index (χ2n) is 0.691. The number of carbonyl (C=O) groups is 1. The van der Waals surface area contributed by atoms with Gasteiger partial charge in [0.15, 0.2) is 0 Å². The first-order chi connectivity index (χ1) is 3.15. The predicted molar refractivity (Wildman–Crippen MR) is 33.8 cm³/mol. The summed E-state index contributed by atoms with van der Waals surface area (Å²) < 4.78 is 0. The molecule has 0 heterocycles. The Kier molecular flexibility index (Phi) is 31.8. The molecule has 8 heavy (non-hydrogen) atoms. The minimum Gasteiger partial charge on any atom is -0.450 e. The van der Waals surface area contributed by atoms with Gasteiger partial charge in [0.1, 0.15) is 0 Å². The topological polar surface area (TPSA) is 57.5 Å². The van der Waals surface area contributed by atoms with Gasteiger partial charge < -0.3 is 10.2 Å². The fourth-order valence-electron chi connectivity index (χ4n) is 0. The summed E-state index contributed by atoms with van der Waals surface area (Å²) in [5, 5.41) is 13.9. The summed E-state index contributed by atoms with van der Waals surface area (Å²) in [4.78, 5) is 8.56.